The van der Waals surface area contributed by atoms with Crippen LogP contribution in [0.3, 0.4) is 0 Å². The lowest BCUT2D eigenvalue weighted by atomic mass is 10.2. The Morgan fingerprint density at radius 2 is 1.66 bits per heavy atom. The molecule has 8 nitrogen and oxygen atoms in total. The maximum Gasteiger partial charge on any atom is 0.280 e. The van der Waals surface area contributed by atoms with Crippen LogP contribution in [-0.2, 0) is 19.6 Å². The minimum Gasteiger partial charge on any atom is -0.497 e. The van der Waals surface area contributed by atoms with E-state index in [-0.39, 0.29) is 20.9 Å². The molecule has 2 amide bonds. The van der Waals surface area contributed by atoms with Gasteiger partial charge in [0.05, 0.1) is 22.6 Å². The molecule has 0 radical (unpaired) electrons. The number of rotatable bonds is 6. The van der Waals surface area contributed by atoms with E-state index in [1.54, 1.807) is 61.7 Å². The highest BCUT2D eigenvalue weighted by atomic mass is 32.2. The maximum absolute atomic E-state index is 13.5. The van der Waals surface area contributed by atoms with Crippen molar-refractivity contribution in [1.29, 1.82) is 0 Å². The lowest BCUT2D eigenvalue weighted by Crippen LogP contribution is -2.35. The number of aliphatic imine (C=N–C) groups is 1. The summed E-state index contributed by atoms with van der Waals surface area (Å²) < 4.78 is 33.0. The van der Waals surface area contributed by atoms with Crippen molar-refractivity contribution in [2.24, 2.45) is 4.99 Å². The molecule has 0 aromatic heterocycles. The third-order valence-electron chi connectivity index (χ3n) is 4.88. The van der Waals surface area contributed by atoms with Crippen molar-refractivity contribution in [2.45, 2.75) is 11.8 Å². The smallest absolute Gasteiger partial charge is 0.280 e. The fourth-order valence-electron chi connectivity index (χ4n) is 3.23. The van der Waals surface area contributed by atoms with Gasteiger partial charge in [0.1, 0.15) is 5.75 Å². The van der Waals surface area contributed by atoms with Gasteiger partial charge in [0.15, 0.2) is 5.17 Å². The van der Waals surface area contributed by atoms with E-state index in [1.807, 2.05) is 6.07 Å². The van der Waals surface area contributed by atoms with Gasteiger partial charge < -0.3 is 10.1 Å². The first kappa shape index (κ1) is 24.2. The number of nitrogens with one attached hydrogen (secondary N) is 1. The summed E-state index contributed by atoms with van der Waals surface area (Å²) in [5, 5.41) is 2.61. The molecule has 4 rings (SSSR count). The second-order valence-corrected chi connectivity index (χ2v) is 10.2. The van der Waals surface area contributed by atoms with E-state index in [4.69, 9.17) is 4.74 Å². The third-order valence-corrected chi connectivity index (χ3v) is 7.65. The number of para-hydroxylation sites is 1. The Hall–Kier alpha value is -3.89. The van der Waals surface area contributed by atoms with Crippen LogP contribution in [0.5, 0.6) is 5.75 Å². The summed E-state index contributed by atoms with van der Waals surface area (Å²) in [5.41, 5.74) is 1.66. The van der Waals surface area contributed by atoms with Crippen LogP contribution >= 0.6 is 11.8 Å². The van der Waals surface area contributed by atoms with Crippen molar-refractivity contribution < 1.29 is 22.7 Å². The normalized spacial score (nSPS) is 16.1. The number of amides is 2. The van der Waals surface area contributed by atoms with Crippen molar-refractivity contribution in [3.8, 4) is 5.75 Å². The fraction of sp³-hybridized carbons (Fsp3) is 0.0800. The molecule has 0 spiro atoms. The van der Waals surface area contributed by atoms with Crippen molar-refractivity contribution in [2.75, 3.05) is 12.4 Å². The summed E-state index contributed by atoms with van der Waals surface area (Å²) in [7, 11) is -2.72. The van der Waals surface area contributed by atoms with E-state index >= 15 is 0 Å². The molecule has 1 aliphatic heterocycles. The molecule has 3 aromatic carbocycles. The fourth-order valence-corrected chi connectivity index (χ4v) is 5.83. The van der Waals surface area contributed by atoms with E-state index < -0.39 is 15.9 Å². The minimum atomic E-state index is -4.28. The predicted molar refractivity (Wildman–Crippen MR) is 137 cm³/mol. The molecule has 1 saturated heterocycles. The number of thioether (sulfide) groups is 1. The van der Waals surface area contributed by atoms with Crippen molar-refractivity contribution in [1.82, 2.24) is 4.31 Å². The van der Waals surface area contributed by atoms with Gasteiger partial charge >= 0.3 is 0 Å². The summed E-state index contributed by atoms with van der Waals surface area (Å²) in [4.78, 5) is 29.2. The second kappa shape index (κ2) is 10.2. The number of sulfonamides is 1. The molecule has 1 N–H and O–H groups in total. The molecular weight excluding hydrogens is 486 g/mol. The van der Waals surface area contributed by atoms with Crippen LogP contribution in [0.1, 0.15) is 12.5 Å². The Morgan fingerprint density at radius 3 is 2.26 bits per heavy atom. The molecule has 0 atom stereocenters. The first-order valence-corrected chi connectivity index (χ1v) is 12.7. The van der Waals surface area contributed by atoms with Crippen LogP contribution in [0.2, 0.25) is 0 Å². The number of amidine groups is 1. The molecule has 3 aromatic rings. The van der Waals surface area contributed by atoms with Gasteiger partial charge in [-0.1, -0.05) is 30.3 Å². The number of nitrogens with zero attached hydrogens (tertiary/aromatic N) is 2. The molecule has 10 heteroatoms. The van der Waals surface area contributed by atoms with Crippen LogP contribution in [-0.4, -0.2) is 36.8 Å². The Labute approximate surface area is 207 Å². The molecular formula is C25H21N3O5S2. The van der Waals surface area contributed by atoms with Crippen LogP contribution in [0.25, 0.3) is 6.08 Å². The molecule has 1 heterocycles. The largest absolute Gasteiger partial charge is 0.497 e. The van der Waals surface area contributed by atoms with E-state index in [0.717, 1.165) is 11.8 Å². The van der Waals surface area contributed by atoms with Gasteiger partial charge in [0, 0.05) is 12.6 Å². The zero-order chi connectivity index (χ0) is 25.0. The number of benzene rings is 3. The Balaban J connectivity index is 1.75. The topological polar surface area (TPSA) is 105 Å². The van der Waals surface area contributed by atoms with Gasteiger partial charge in [-0.15, -0.1) is 0 Å². The molecule has 1 aliphatic rings. The number of carbonyl (C=O) groups is 2. The SMILES string of the molecule is COc1ccc(C=C2SC(=Nc3ccccc3)N(S(=O)(=O)c3ccc(NC(C)=O)cc3)C2=O)cc1. The number of hydrogen-bond acceptors (Lipinski definition) is 7. The average Bonchev–Trinajstić information content (AvgIpc) is 3.15. The highest BCUT2D eigenvalue weighted by Crippen LogP contribution is 2.38. The molecule has 0 aliphatic carbocycles. The highest BCUT2D eigenvalue weighted by molar-refractivity contribution is 8.20. The van der Waals surface area contributed by atoms with Crippen LogP contribution in [0.4, 0.5) is 11.4 Å². The Kier molecular flexibility index (Phi) is 7.04. The zero-order valence-electron chi connectivity index (χ0n) is 18.8. The van der Waals surface area contributed by atoms with E-state index in [9.17, 15) is 18.0 Å². The lowest BCUT2D eigenvalue weighted by molar-refractivity contribution is -0.119. The van der Waals surface area contributed by atoms with Gasteiger partial charge in [0.2, 0.25) is 5.91 Å². The Morgan fingerprint density at radius 1 is 1.00 bits per heavy atom. The van der Waals surface area contributed by atoms with E-state index in [1.165, 1.54) is 31.2 Å². The molecule has 1 fully saturated rings. The van der Waals surface area contributed by atoms with Gasteiger partial charge in [0.25, 0.3) is 15.9 Å². The first-order chi connectivity index (χ1) is 16.8. The van der Waals surface area contributed by atoms with Crippen LogP contribution in [0, 0.1) is 0 Å². The quantitative estimate of drug-likeness (QED) is 0.487. The zero-order valence-corrected chi connectivity index (χ0v) is 20.5. The van der Waals surface area contributed by atoms with Gasteiger partial charge in [-0.05, 0) is 71.9 Å². The minimum absolute atomic E-state index is 0.0203. The number of anilines is 1. The number of carbonyl (C=O) groups excluding carboxylic acids is 2. The van der Waals surface area contributed by atoms with Crippen LogP contribution < -0.4 is 10.1 Å². The first-order valence-electron chi connectivity index (χ1n) is 10.4. The van der Waals surface area contributed by atoms with E-state index in [2.05, 4.69) is 10.3 Å². The molecule has 0 unspecified atom stereocenters. The number of methoxy groups -OCH3 is 1. The standard InChI is InChI=1S/C25H21N3O5S2/c1-17(29)26-20-10-14-22(15-11-20)35(31,32)28-24(30)23(16-18-8-12-21(33-2)13-9-18)34-25(28)27-19-6-4-3-5-7-19/h3-16H,1-2H3,(H,26,29). The highest BCUT2D eigenvalue weighted by Gasteiger charge is 2.42. The summed E-state index contributed by atoms with van der Waals surface area (Å²) in [6.45, 7) is 1.35. The summed E-state index contributed by atoms with van der Waals surface area (Å²) >= 11 is 0.980. The van der Waals surface area contributed by atoms with Gasteiger partial charge in [-0.3, -0.25) is 9.59 Å². The average molecular weight is 508 g/mol. The second-order valence-electron chi connectivity index (χ2n) is 7.39. The number of ether oxygens (including phenoxy) is 1. The molecule has 35 heavy (non-hydrogen) atoms. The van der Waals surface area contributed by atoms with Gasteiger partial charge in [-0.2, -0.15) is 4.31 Å². The molecule has 0 bridgehead atoms. The monoisotopic (exact) mass is 507 g/mol. The Bertz CT molecular complexity index is 1420. The summed E-state index contributed by atoms with van der Waals surface area (Å²) in [6.07, 6.45) is 1.61. The number of hydrogen-bond donors (Lipinski definition) is 1. The third kappa shape index (κ3) is 5.44. The maximum atomic E-state index is 13.5. The summed E-state index contributed by atoms with van der Waals surface area (Å²) in [6, 6.07) is 21.4. The van der Waals surface area contributed by atoms with Crippen LogP contribution in [0.15, 0.2) is 93.7 Å². The lowest BCUT2D eigenvalue weighted by Gasteiger charge is -2.16. The van der Waals surface area contributed by atoms with Crippen molar-refractivity contribution >= 4 is 56.2 Å². The van der Waals surface area contributed by atoms with Gasteiger partial charge in [-0.25, -0.2) is 13.4 Å². The predicted octanol–water partition coefficient (Wildman–Crippen LogP) is 4.65. The van der Waals surface area contributed by atoms with Crippen molar-refractivity contribution in [3.05, 3.63) is 89.3 Å². The van der Waals surface area contributed by atoms with Crippen molar-refractivity contribution in [3.63, 3.8) is 0 Å². The molecule has 178 valence electrons. The summed E-state index contributed by atoms with van der Waals surface area (Å²) in [5.74, 6) is -0.320. The molecule has 0 saturated carbocycles. The van der Waals surface area contributed by atoms with E-state index in [0.29, 0.717) is 27.0 Å².